The van der Waals surface area contributed by atoms with Crippen LogP contribution in [0.4, 0.5) is 0 Å². The van der Waals surface area contributed by atoms with Crippen molar-refractivity contribution >= 4 is 29.5 Å². The predicted molar refractivity (Wildman–Crippen MR) is 117 cm³/mol. The van der Waals surface area contributed by atoms with Crippen LogP contribution in [0.2, 0.25) is 0 Å². The van der Waals surface area contributed by atoms with Crippen LogP contribution in [0.15, 0.2) is 89.5 Å². The quantitative estimate of drug-likeness (QED) is 0.560. The van der Waals surface area contributed by atoms with Crippen molar-refractivity contribution in [2.75, 3.05) is 6.16 Å². The molecule has 0 amide bonds. The van der Waals surface area contributed by atoms with E-state index in [0.717, 1.165) is 11.7 Å². The van der Waals surface area contributed by atoms with Gasteiger partial charge >= 0.3 is 0 Å². The standard InChI is InChI=1S/C23H24NOPS/c1-23(2,3)27(25)24-22(19-12-10-11-13-19)18-26(20-14-6-4-7-15-20)21-16-8-5-9-17-21/h4-9,12,14-17,22,24H,18H2,1-3H3/t22-,27-/m1/s1. The SMILES string of the molecule is CC(C)(C)[S@@](=O)N[C@H](CP(c1ccccc1)c1ccccc1)C1=C=C=C=C1. The zero-order valence-corrected chi connectivity index (χ0v) is 17.6. The van der Waals surface area contributed by atoms with Crippen LogP contribution in [0.1, 0.15) is 20.8 Å². The van der Waals surface area contributed by atoms with Crippen LogP contribution in [0, 0.1) is 0 Å². The summed E-state index contributed by atoms with van der Waals surface area (Å²) in [5, 5.41) is 2.62. The molecule has 2 aromatic rings. The molecule has 138 valence electrons. The molecule has 27 heavy (non-hydrogen) atoms. The van der Waals surface area contributed by atoms with Gasteiger partial charge in [-0.15, -0.1) is 0 Å². The molecule has 0 fully saturated rings. The van der Waals surface area contributed by atoms with Crippen molar-refractivity contribution in [3.63, 3.8) is 0 Å². The van der Waals surface area contributed by atoms with Crippen molar-refractivity contribution in [2.45, 2.75) is 31.6 Å². The van der Waals surface area contributed by atoms with Gasteiger partial charge in [0.2, 0.25) is 0 Å². The summed E-state index contributed by atoms with van der Waals surface area (Å²) in [6.45, 7) is 5.95. The van der Waals surface area contributed by atoms with Crippen LogP contribution >= 0.6 is 7.92 Å². The summed E-state index contributed by atoms with van der Waals surface area (Å²) in [7, 11) is -1.77. The maximum Gasteiger partial charge on any atom is 0.0976 e. The maximum absolute atomic E-state index is 12.8. The fraction of sp³-hybridized carbons (Fsp3) is 0.261. The molecule has 0 bridgehead atoms. The van der Waals surface area contributed by atoms with Gasteiger partial charge in [0.15, 0.2) is 0 Å². The van der Waals surface area contributed by atoms with Gasteiger partial charge in [0.05, 0.1) is 21.8 Å². The van der Waals surface area contributed by atoms with Crippen molar-refractivity contribution in [1.29, 1.82) is 0 Å². The minimum Gasteiger partial charge on any atom is -0.242 e. The molecule has 1 aliphatic rings. The third-order valence-corrected chi connectivity index (χ3v) is 8.37. The lowest BCUT2D eigenvalue weighted by molar-refractivity contribution is 0.627. The van der Waals surface area contributed by atoms with E-state index in [1.165, 1.54) is 10.6 Å². The van der Waals surface area contributed by atoms with Crippen LogP contribution in [-0.4, -0.2) is 21.2 Å². The first-order valence-corrected chi connectivity index (χ1v) is 11.6. The minimum atomic E-state index is -1.17. The first-order valence-electron chi connectivity index (χ1n) is 8.97. The molecule has 0 aromatic heterocycles. The van der Waals surface area contributed by atoms with E-state index in [2.05, 4.69) is 70.4 Å². The molecule has 0 heterocycles. The Morgan fingerprint density at radius 1 is 1.00 bits per heavy atom. The zero-order chi connectivity index (χ0) is 19.3. The van der Waals surface area contributed by atoms with Crippen LogP contribution in [0.5, 0.6) is 0 Å². The molecule has 0 saturated heterocycles. The lowest BCUT2D eigenvalue weighted by atomic mass is 10.2. The van der Waals surface area contributed by atoms with Crippen LogP contribution in [0.3, 0.4) is 0 Å². The highest BCUT2D eigenvalue weighted by Crippen LogP contribution is 2.36. The number of benzene rings is 2. The van der Waals surface area contributed by atoms with Crippen molar-refractivity contribution in [1.82, 2.24) is 4.72 Å². The Balaban J connectivity index is 1.94. The molecule has 0 radical (unpaired) electrons. The second-order valence-electron chi connectivity index (χ2n) is 7.33. The summed E-state index contributed by atoms with van der Waals surface area (Å²) < 4.78 is 15.8. The molecular formula is C23H24NOPS. The predicted octanol–water partition coefficient (Wildman–Crippen LogP) is 3.95. The van der Waals surface area contributed by atoms with E-state index in [1.807, 2.05) is 39.0 Å². The Bertz CT molecular complexity index is 903. The number of hydrogen-bond acceptors (Lipinski definition) is 1. The molecule has 0 unspecified atom stereocenters. The maximum atomic E-state index is 12.8. The monoisotopic (exact) mass is 393 g/mol. The largest absolute Gasteiger partial charge is 0.242 e. The summed E-state index contributed by atoms with van der Waals surface area (Å²) >= 11 is 0. The van der Waals surface area contributed by atoms with Gasteiger partial charge in [0, 0.05) is 11.6 Å². The Morgan fingerprint density at radius 2 is 1.56 bits per heavy atom. The highest BCUT2D eigenvalue weighted by atomic mass is 32.2. The number of hydrogen-bond donors (Lipinski definition) is 1. The van der Waals surface area contributed by atoms with E-state index < -0.39 is 18.9 Å². The Labute approximate surface area is 165 Å². The summed E-state index contributed by atoms with van der Waals surface area (Å²) in [5.74, 6) is 0. The molecule has 2 atom stereocenters. The summed E-state index contributed by atoms with van der Waals surface area (Å²) in [6, 6.07) is 21.1. The van der Waals surface area contributed by atoms with E-state index in [-0.39, 0.29) is 10.8 Å². The zero-order valence-electron chi connectivity index (χ0n) is 15.9. The average molecular weight is 393 g/mol. The summed E-state index contributed by atoms with van der Waals surface area (Å²) in [4.78, 5) is 0. The molecule has 1 aliphatic carbocycles. The van der Waals surface area contributed by atoms with Gasteiger partial charge in [0.1, 0.15) is 0 Å². The Hall–Kier alpha value is -1.94. The van der Waals surface area contributed by atoms with Crippen LogP contribution in [-0.2, 0) is 11.0 Å². The van der Waals surface area contributed by atoms with E-state index in [4.69, 9.17) is 0 Å². The smallest absolute Gasteiger partial charge is 0.0976 e. The molecule has 0 saturated carbocycles. The average Bonchev–Trinajstić information content (AvgIpc) is 3.20. The second kappa shape index (κ2) is 8.83. The van der Waals surface area contributed by atoms with Crippen molar-refractivity contribution in [2.24, 2.45) is 0 Å². The third-order valence-electron chi connectivity index (χ3n) is 4.19. The van der Waals surface area contributed by atoms with E-state index in [0.29, 0.717) is 0 Å². The van der Waals surface area contributed by atoms with Gasteiger partial charge in [-0.1, -0.05) is 72.1 Å². The highest BCUT2D eigenvalue weighted by Gasteiger charge is 2.27. The van der Waals surface area contributed by atoms with Gasteiger partial charge in [-0.05, 0) is 51.2 Å². The summed E-state index contributed by atoms with van der Waals surface area (Å²) in [5.41, 5.74) is 9.96. The van der Waals surface area contributed by atoms with E-state index in [9.17, 15) is 4.21 Å². The topological polar surface area (TPSA) is 29.1 Å². The normalized spacial score (nSPS) is 15.2. The number of rotatable bonds is 7. The van der Waals surface area contributed by atoms with Gasteiger partial charge in [-0.25, -0.2) is 8.93 Å². The first kappa shape index (κ1) is 19.8. The van der Waals surface area contributed by atoms with Crippen molar-refractivity contribution < 1.29 is 4.21 Å². The molecule has 3 rings (SSSR count). The lowest BCUT2D eigenvalue weighted by Crippen LogP contribution is -2.42. The van der Waals surface area contributed by atoms with Gasteiger partial charge in [0.25, 0.3) is 0 Å². The van der Waals surface area contributed by atoms with Gasteiger partial charge in [-0.3, -0.25) is 0 Å². The van der Waals surface area contributed by atoms with Crippen molar-refractivity contribution in [3.8, 4) is 0 Å². The highest BCUT2D eigenvalue weighted by molar-refractivity contribution is 7.84. The van der Waals surface area contributed by atoms with Crippen LogP contribution in [0.25, 0.3) is 0 Å². The van der Waals surface area contributed by atoms with Crippen molar-refractivity contribution in [3.05, 3.63) is 89.5 Å². The molecule has 0 spiro atoms. The second-order valence-corrected chi connectivity index (χ2v) is 11.6. The Kier molecular flexibility index (Phi) is 6.48. The van der Waals surface area contributed by atoms with Gasteiger partial charge < -0.3 is 0 Å². The molecular weight excluding hydrogens is 369 g/mol. The minimum absolute atomic E-state index is 0.0703. The lowest BCUT2D eigenvalue weighted by Gasteiger charge is -2.28. The van der Waals surface area contributed by atoms with E-state index in [1.54, 1.807) is 0 Å². The fourth-order valence-electron chi connectivity index (χ4n) is 2.71. The molecule has 1 N–H and O–H groups in total. The molecule has 0 aliphatic heterocycles. The first-order chi connectivity index (χ1) is 12.9. The van der Waals surface area contributed by atoms with Crippen LogP contribution < -0.4 is 15.3 Å². The summed E-state index contributed by atoms with van der Waals surface area (Å²) in [6.07, 6.45) is 2.73. The van der Waals surface area contributed by atoms with E-state index >= 15 is 0 Å². The van der Waals surface area contributed by atoms with Gasteiger partial charge in [-0.2, -0.15) is 0 Å². The molecule has 2 aromatic carbocycles. The molecule has 4 heteroatoms. The Morgan fingerprint density at radius 3 is 2.00 bits per heavy atom. The molecule has 2 nitrogen and oxygen atoms in total. The number of nitrogens with one attached hydrogen (secondary N) is 1. The third kappa shape index (κ3) is 5.29. The fourth-order valence-corrected chi connectivity index (χ4v) is 6.09.